The van der Waals surface area contributed by atoms with Crippen molar-refractivity contribution in [2.75, 3.05) is 12.0 Å². The van der Waals surface area contributed by atoms with E-state index in [1.54, 1.807) is 0 Å². The minimum absolute atomic E-state index is 0.485. The fourth-order valence-electron chi connectivity index (χ4n) is 8.51. The van der Waals surface area contributed by atoms with Crippen LogP contribution in [0.25, 0.3) is 49.4 Å². The van der Waals surface area contributed by atoms with Gasteiger partial charge in [-0.3, -0.25) is 0 Å². The van der Waals surface area contributed by atoms with Crippen LogP contribution >= 0.6 is 10.0 Å². The summed E-state index contributed by atoms with van der Waals surface area (Å²) in [6, 6.07) is 47.6. The van der Waals surface area contributed by atoms with Crippen molar-refractivity contribution in [3.05, 3.63) is 150 Å². The number of hydrogen-bond acceptors (Lipinski definition) is 1. The van der Waals surface area contributed by atoms with Crippen LogP contribution in [-0.4, -0.2) is 16.6 Å². The number of rotatable bonds is 1. The largest absolute Gasteiger partial charge is 0.455 e. The summed E-state index contributed by atoms with van der Waals surface area (Å²) in [6.45, 7) is 2.36. The van der Waals surface area contributed by atoms with Crippen molar-refractivity contribution in [1.29, 1.82) is 0 Å². The summed E-state index contributed by atoms with van der Waals surface area (Å²) in [6.07, 6.45) is 2.51. The molecule has 43 heavy (non-hydrogen) atoms. The summed E-state index contributed by atoms with van der Waals surface area (Å²) in [7, 11) is -1.42. The molecule has 2 atom stereocenters. The topological polar surface area (TPSA) is 18.1 Å². The molecule has 10 rings (SSSR count). The van der Waals surface area contributed by atoms with Crippen molar-refractivity contribution in [3.63, 3.8) is 0 Å². The third-order valence-corrected chi connectivity index (χ3v) is 14.1. The van der Waals surface area contributed by atoms with Crippen molar-refractivity contribution in [1.82, 2.24) is 4.57 Å². The molecule has 0 amide bonds. The molecule has 4 heterocycles. The standard InChI is InChI=1S/C40H29NOS/c1-3-43(2)36-22-11-7-17-30(36)40(32-24-23-28-26-14-5-10-21-35(26)42-38(28)39(32)43)29-16-6-9-20-34(29)41-33-19-8-4-13-25(33)27-15-12-18-31(40)37(27)41/h4-24H,3H2,1-2H3. The van der Waals surface area contributed by atoms with Gasteiger partial charge in [-0.1, -0.05) is 110 Å². The predicted molar refractivity (Wildman–Crippen MR) is 181 cm³/mol. The zero-order chi connectivity index (χ0) is 28.5. The Morgan fingerprint density at radius 1 is 0.605 bits per heavy atom. The smallest absolute Gasteiger partial charge is 0.148 e. The van der Waals surface area contributed by atoms with E-state index in [9.17, 15) is 0 Å². The van der Waals surface area contributed by atoms with Gasteiger partial charge in [-0.15, -0.1) is 0 Å². The van der Waals surface area contributed by atoms with Crippen molar-refractivity contribution in [2.45, 2.75) is 22.1 Å². The SMILES string of the molecule is CCS1(C)c2ccccc2C2(c3ccccc3-n3c4ccccc4c4cccc2c43)c2ccc3c(oc4ccccc43)c21. The van der Waals surface area contributed by atoms with E-state index in [1.807, 2.05) is 0 Å². The molecule has 0 aliphatic carbocycles. The molecule has 0 N–H and O–H groups in total. The van der Waals surface area contributed by atoms with Crippen molar-refractivity contribution < 1.29 is 4.42 Å². The molecule has 0 radical (unpaired) electrons. The second-order valence-corrected chi connectivity index (χ2v) is 15.7. The average molecular weight is 572 g/mol. The van der Waals surface area contributed by atoms with Gasteiger partial charge in [0.05, 0.1) is 22.1 Å². The number of fused-ring (bicyclic) bond motifs is 15. The van der Waals surface area contributed by atoms with Crippen LogP contribution in [0.2, 0.25) is 0 Å². The lowest BCUT2D eigenvalue weighted by atomic mass is 9.62. The van der Waals surface area contributed by atoms with Crippen molar-refractivity contribution >= 4 is 53.8 Å². The summed E-state index contributed by atoms with van der Waals surface area (Å²) < 4.78 is 9.41. The average Bonchev–Trinajstić information content (AvgIpc) is 3.61. The highest BCUT2D eigenvalue weighted by Crippen LogP contribution is 2.72. The van der Waals surface area contributed by atoms with Gasteiger partial charge in [0.1, 0.15) is 11.2 Å². The first kappa shape index (κ1) is 23.8. The maximum absolute atomic E-state index is 6.89. The van der Waals surface area contributed by atoms with Gasteiger partial charge >= 0.3 is 0 Å². The second-order valence-electron chi connectivity index (χ2n) is 12.1. The summed E-state index contributed by atoms with van der Waals surface area (Å²) in [5.41, 5.74) is 10.8. The van der Waals surface area contributed by atoms with Crippen LogP contribution in [0.1, 0.15) is 29.2 Å². The van der Waals surface area contributed by atoms with Crippen LogP contribution in [0.3, 0.4) is 0 Å². The number of aromatic nitrogens is 1. The predicted octanol–water partition coefficient (Wildman–Crippen LogP) is 10.6. The van der Waals surface area contributed by atoms with Crippen molar-refractivity contribution in [3.8, 4) is 5.69 Å². The third-order valence-electron chi connectivity index (χ3n) is 10.4. The molecule has 3 heteroatoms. The van der Waals surface area contributed by atoms with E-state index in [1.165, 1.54) is 70.3 Å². The highest BCUT2D eigenvalue weighted by atomic mass is 32.3. The zero-order valence-electron chi connectivity index (χ0n) is 24.1. The number of benzene rings is 6. The van der Waals surface area contributed by atoms with Crippen LogP contribution < -0.4 is 0 Å². The summed E-state index contributed by atoms with van der Waals surface area (Å²) >= 11 is 0. The van der Waals surface area contributed by atoms with Gasteiger partial charge in [0.2, 0.25) is 0 Å². The van der Waals surface area contributed by atoms with Gasteiger partial charge in [-0.2, -0.15) is 10.0 Å². The van der Waals surface area contributed by atoms with Gasteiger partial charge in [0, 0.05) is 26.4 Å². The maximum atomic E-state index is 6.89. The Bertz CT molecular complexity index is 2480. The Balaban J connectivity index is 1.50. The van der Waals surface area contributed by atoms with E-state index in [2.05, 4.69) is 145 Å². The molecule has 2 aromatic heterocycles. The minimum atomic E-state index is -1.42. The molecule has 8 aromatic rings. The van der Waals surface area contributed by atoms with Gasteiger partial charge in [-0.05, 0) is 63.4 Å². The number of para-hydroxylation sites is 4. The molecule has 1 spiro atoms. The molecule has 2 aliphatic rings. The number of hydrogen-bond donors (Lipinski definition) is 0. The van der Waals surface area contributed by atoms with E-state index >= 15 is 0 Å². The molecule has 0 fully saturated rings. The fraction of sp³-hybridized carbons (Fsp3) is 0.100. The van der Waals surface area contributed by atoms with Crippen molar-refractivity contribution in [2.24, 2.45) is 0 Å². The molecule has 2 nitrogen and oxygen atoms in total. The van der Waals surface area contributed by atoms with E-state index in [4.69, 9.17) is 4.42 Å². The molecular weight excluding hydrogens is 543 g/mol. The number of nitrogens with zero attached hydrogens (tertiary/aromatic N) is 1. The van der Waals surface area contributed by atoms with E-state index < -0.39 is 15.4 Å². The highest BCUT2D eigenvalue weighted by Gasteiger charge is 2.53. The Morgan fingerprint density at radius 2 is 1.30 bits per heavy atom. The first-order valence-corrected chi connectivity index (χ1v) is 17.3. The van der Waals surface area contributed by atoms with E-state index in [-0.39, 0.29) is 0 Å². The minimum Gasteiger partial charge on any atom is -0.455 e. The molecule has 206 valence electrons. The molecule has 2 unspecified atom stereocenters. The summed E-state index contributed by atoms with van der Waals surface area (Å²) in [4.78, 5) is 2.87. The Hall–Kier alpha value is -4.73. The lowest BCUT2D eigenvalue weighted by Crippen LogP contribution is -2.40. The van der Waals surface area contributed by atoms with E-state index in [0.29, 0.717) is 0 Å². The van der Waals surface area contributed by atoms with E-state index in [0.717, 1.165) is 16.9 Å². The van der Waals surface area contributed by atoms with Gasteiger partial charge < -0.3 is 8.98 Å². The van der Waals surface area contributed by atoms with Crippen LogP contribution in [0.5, 0.6) is 0 Å². The summed E-state index contributed by atoms with van der Waals surface area (Å²) in [5.74, 6) is 1.05. The monoisotopic (exact) mass is 571 g/mol. The van der Waals surface area contributed by atoms with Crippen LogP contribution in [-0.2, 0) is 5.41 Å². The van der Waals surface area contributed by atoms with Crippen LogP contribution in [0, 0.1) is 0 Å². The first-order chi connectivity index (χ1) is 21.2. The molecule has 6 aromatic carbocycles. The van der Waals surface area contributed by atoms with Gasteiger partial charge in [0.15, 0.2) is 0 Å². The third kappa shape index (κ3) is 2.61. The molecule has 2 aliphatic heterocycles. The Kier molecular flexibility index (Phi) is 4.43. The second kappa shape index (κ2) is 8.00. The quantitative estimate of drug-likeness (QED) is 0.192. The molecule has 0 saturated carbocycles. The normalized spacial score (nSPS) is 21.6. The maximum Gasteiger partial charge on any atom is 0.148 e. The Labute approximate surface area is 251 Å². The molecule has 0 saturated heterocycles. The van der Waals surface area contributed by atoms with Gasteiger partial charge in [0.25, 0.3) is 0 Å². The number of furan rings is 1. The zero-order valence-corrected chi connectivity index (χ0v) is 24.9. The lowest BCUT2D eigenvalue weighted by molar-refractivity contribution is 0.641. The fourth-order valence-corrected chi connectivity index (χ4v) is 11.7. The Morgan fingerprint density at radius 3 is 2.19 bits per heavy atom. The lowest BCUT2D eigenvalue weighted by Gasteiger charge is -2.52. The first-order valence-electron chi connectivity index (χ1n) is 15.1. The van der Waals surface area contributed by atoms with Crippen LogP contribution in [0.4, 0.5) is 0 Å². The molecular formula is C40H29NOS. The summed E-state index contributed by atoms with van der Waals surface area (Å²) in [5, 5.41) is 5.01. The highest BCUT2D eigenvalue weighted by molar-refractivity contribution is 8.33. The van der Waals surface area contributed by atoms with Crippen LogP contribution in [0.15, 0.2) is 142 Å². The molecule has 0 bridgehead atoms. The van der Waals surface area contributed by atoms with Gasteiger partial charge in [-0.25, -0.2) is 0 Å².